The van der Waals surface area contributed by atoms with Gasteiger partial charge < -0.3 is 0 Å². The summed E-state index contributed by atoms with van der Waals surface area (Å²) in [6.45, 7) is 4.56. The summed E-state index contributed by atoms with van der Waals surface area (Å²) < 4.78 is 15.7. The molecule has 4 rings (SSSR count). The van der Waals surface area contributed by atoms with E-state index in [1.165, 1.54) is 25.7 Å². The fourth-order valence-electron chi connectivity index (χ4n) is 7.01. The van der Waals surface area contributed by atoms with Crippen LogP contribution in [0.1, 0.15) is 78.1 Å². The number of carbonyl (C=O) groups is 1. The van der Waals surface area contributed by atoms with Crippen molar-refractivity contribution in [2.75, 3.05) is 0 Å². The Kier molecular flexibility index (Phi) is 2.93. The van der Waals surface area contributed by atoms with Gasteiger partial charge >= 0.3 is 0 Å². The second kappa shape index (κ2) is 4.32. The molecular formula is C19H29FO. The first-order chi connectivity index (χ1) is 9.91. The van der Waals surface area contributed by atoms with Gasteiger partial charge in [0.1, 0.15) is 0 Å². The van der Waals surface area contributed by atoms with Gasteiger partial charge in [-0.2, -0.15) is 0 Å². The van der Waals surface area contributed by atoms with Gasteiger partial charge in [-0.3, -0.25) is 4.79 Å². The molecule has 0 N–H and O–H groups in total. The Hall–Kier alpha value is -0.400. The first-order valence-corrected chi connectivity index (χ1v) is 9.13. The summed E-state index contributed by atoms with van der Waals surface area (Å²) in [6.07, 6.45) is 10.3. The maximum Gasteiger partial charge on any atom is 0.174 e. The van der Waals surface area contributed by atoms with Crippen LogP contribution in [-0.2, 0) is 4.79 Å². The highest BCUT2D eigenvalue weighted by Gasteiger charge is 2.66. The molecule has 0 spiro atoms. The molecule has 4 aliphatic carbocycles. The average Bonchev–Trinajstić information content (AvgIpc) is 2.83. The van der Waals surface area contributed by atoms with Crippen LogP contribution in [0.2, 0.25) is 0 Å². The summed E-state index contributed by atoms with van der Waals surface area (Å²) in [5, 5.41) is 0. The van der Waals surface area contributed by atoms with Gasteiger partial charge in [0.05, 0.1) is 0 Å². The zero-order valence-electron chi connectivity index (χ0n) is 13.6. The van der Waals surface area contributed by atoms with Crippen LogP contribution >= 0.6 is 0 Å². The van der Waals surface area contributed by atoms with Crippen molar-refractivity contribution in [3.63, 3.8) is 0 Å². The van der Waals surface area contributed by atoms with Gasteiger partial charge in [0, 0.05) is 11.8 Å². The SMILES string of the molecule is C[C@@]12CCC[C@H]1[C@@H]1CC(=O)[C@@]3(F)CCCC[C@]3(C)[C@H]1CC2. The van der Waals surface area contributed by atoms with Gasteiger partial charge in [0.15, 0.2) is 11.5 Å². The molecule has 0 saturated heterocycles. The molecule has 4 saturated carbocycles. The maximum absolute atomic E-state index is 15.7. The van der Waals surface area contributed by atoms with Crippen LogP contribution in [0.15, 0.2) is 0 Å². The molecule has 0 aliphatic heterocycles. The number of alkyl halides is 1. The van der Waals surface area contributed by atoms with Gasteiger partial charge in [-0.05, 0) is 68.1 Å². The van der Waals surface area contributed by atoms with Gasteiger partial charge in [-0.15, -0.1) is 0 Å². The largest absolute Gasteiger partial charge is 0.296 e. The van der Waals surface area contributed by atoms with Crippen molar-refractivity contribution in [1.82, 2.24) is 0 Å². The molecule has 21 heavy (non-hydrogen) atoms. The highest BCUT2D eigenvalue weighted by atomic mass is 19.1. The van der Waals surface area contributed by atoms with Gasteiger partial charge in [0.25, 0.3) is 0 Å². The lowest BCUT2D eigenvalue weighted by Crippen LogP contribution is -2.63. The zero-order valence-corrected chi connectivity index (χ0v) is 13.6. The predicted octanol–water partition coefficient (Wildman–Crippen LogP) is 5.08. The first-order valence-electron chi connectivity index (χ1n) is 9.13. The first kappa shape index (κ1) is 14.2. The molecule has 4 fully saturated rings. The number of ketones is 1. The van der Waals surface area contributed by atoms with E-state index in [1.54, 1.807) is 0 Å². The van der Waals surface area contributed by atoms with Crippen LogP contribution in [0.5, 0.6) is 0 Å². The number of hydrogen-bond donors (Lipinski definition) is 0. The van der Waals surface area contributed by atoms with E-state index < -0.39 is 5.67 Å². The Balaban J connectivity index is 1.74. The minimum atomic E-state index is -1.50. The number of Topliss-reactive ketones (excluding diaryl/α,β-unsaturated/α-hetero) is 1. The van der Waals surface area contributed by atoms with E-state index in [0.717, 1.165) is 25.7 Å². The van der Waals surface area contributed by atoms with Crippen LogP contribution in [0.4, 0.5) is 4.39 Å². The minimum Gasteiger partial charge on any atom is -0.296 e. The molecule has 0 radical (unpaired) electrons. The van der Waals surface area contributed by atoms with E-state index in [9.17, 15) is 4.79 Å². The summed E-state index contributed by atoms with van der Waals surface area (Å²) in [5.41, 5.74) is -1.42. The summed E-state index contributed by atoms with van der Waals surface area (Å²) >= 11 is 0. The number of rotatable bonds is 0. The van der Waals surface area contributed by atoms with Crippen molar-refractivity contribution < 1.29 is 9.18 Å². The molecule has 0 heterocycles. The van der Waals surface area contributed by atoms with Gasteiger partial charge in [-0.25, -0.2) is 4.39 Å². The van der Waals surface area contributed by atoms with E-state index in [-0.39, 0.29) is 11.2 Å². The lowest BCUT2D eigenvalue weighted by Gasteiger charge is -2.61. The Bertz CT molecular complexity index is 474. The maximum atomic E-state index is 15.7. The Morgan fingerprint density at radius 2 is 1.71 bits per heavy atom. The number of hydrogen-bond acceptors (Lipinski definition) is 1. The lowest BCUT2D eigenvalue weighted by atomic mass is 9.44. The fourth-order valence-corrected chi connectivity index (χ4v) is 7.01. The summed E-state index contributed by atoms with van der Waals surface area (Å²) in [7, 11) is 0. The summed E-state index contributed by atoms with van der Waals surface area (Å²) in [6, 6.07) is 0. The monoisotopic (exact) mass is 292 g/mol. The number of fused-ring (bicyclic) bond motifs is 5. The van der Waals surface area contributed by atoms with Crippen LogP contribution < -0.4 is 0 Å². The standard InChI is InChI=1S/C19H29FO/c1-17-8-5-6-14(17)13-12-16(21)19(20)10-4-3-9-18(19,2)15(13)7-11-17/h13-15H,3-12H2,1-2H3/t13-,14-,15-,17-,18+,19-/m0/s1. The van der Waals surface area contributed by atoms with Crippen molar-refractivity contribution in [3.05, 3.63) is 0 Å². The van der Waals surface area contributed by atoms with E-state index in [1.807, 2.05) is 0 Å². The molecule has 0 bridgehead atoms. The number of carbonyl (C=O) groups excluding carboxylic acids is 1. The topological polar surface area (TPSA) is 17.1 Å². The second-order valence-electron chi connectivity index (χ2n) is 9.01. The molecule has 0 unspecified atom stereocenters. The van der Waals surface area contributed by atoms with E-state index >= 15 is 4.39 Å². The Labute approximate surface area is 128 Å². The average molecular weight is 292 g/mol. The smallest absolute Gasteiger partial charge is 0.174 e. The molecule has 2 heteroatoms. The van der Waals surface area contributed by atoms with Crippen molar-refractivity contribution >= 4 is 5.78 Å². The van der Waals surface area contributed by atoms with E-state index in [2.05, 4.69) is 13.8 Å². The third kappa shape index (κ3) is 1.65. The highest BCUT2D eigenvalue weighted by Crippen LogP contribution is 2.67. The van der Waals surface area contributed by atoms with Gasteiger partial charge in [-0.1, -0.05) is 26.7 Å². The zero-order chi connectivity index (χ0) is 14.9. The summed E-state index contributed by atoms with van der Waals surface area (Å²) in [4.78, 5) is 12.7. The summed E-state index contributed by atoms with van der Waals surface area (Å²) in [5.74, 6) is 1.58. The quantitative estimate of drug-likeness (QED) is 0.608. The van der Waals surface area contributed by atoms with Crippen molar-refractivity contribution in [1.29, 1.82) is 0 Å². The molecule has 0 aromatic carbocycles. The van der Waals surface area contributed by atoms with Crippen molar-refractivity contribution in [2.45, 2.75) is 83.7 Å². The number of halogens is 1. The second-order valence-corrected chi connectivity index (χ2v) is 9.01. The third-order valence-electron chi connectivity index (χ3n) is 8.27. The molecule has 0 aromatic heterocycles. The Morgan fingerprint density at radius 1 is 0.952 bits per heavy atom. The normalized spacial score (nSPS) is 56.5. The molecule has 0 amide bonds. The van der Waals surface area contributed by atoms with E-state index in [4.69, 9.17) is 0 Å². The van der Waals surface area contributed by atoms with Crippen LogP contribution in [0.25, 0.3) is 0 Å². The van der Waals surface area contributed by atoms with Crippen LogP contribution in [0.3, 0.4) is 0 Å². The highest BCUT2D eigenvalue weighted by molar-refractivity contribution is 5.89. The van der Waals surface area contributed by atoms with Crippen LogP contribution in [0, 0.1) is 28.6 Å². The predicted molar refractivity (Wildman–Crippen MR) is 81.7 cm³/mol. The molecular weight excluding hydrogens is 263 g/mol. The fraction of sp³-hybridized carbons (Fsp3) is 0.947. The molecule has 6 atom stereocenters. The van der Waals surface area contributed by atoms with Crippen molar-refractivity contribution in [3.8, 4) is 0 Å². The van der Waals surface area contributed by atoms with Gasteiger partial charge in [0.2, 0.25) is 0 Å². The Morgan fingerprint density at radius 3 is 2.52 bits per heavy atom. The lowest BCUT2D eigenvalue weighted by molar-refractivity contribution is -0.180. The molecule has 118 valence electrons. The molecule has 1 nitrogen and oxygen atoms in total. The minimum absolute atomic E-state index is 0.0397. The van der Waals surface area contributed by atoms with Crippen molar-refractivity contribution in [2.24, 2.45) is 28.6 Å². The van der Waals surface area contributed by atoms with E-state index in [0.29, 0.717) is 36.0 Å². The van der Waals surface area contributed by atoms with Crippen LogP contribution in [-0.4, -0.2) is 11.5 Å². The molecule has 0 aromatic rings. The third-order valence-corrected chi connectivity index (χ3v) is 8.27. The molecule has 4 aliphatic rings.